The fourth-order valence-corrected chi connectivity index (χ4v) is 3.18. The fraction of sp³-hybridized carbons (Fsp3) is 0.118. The first kappa shape index (κ1) is 18.1. The first-order valence-corrected chi connectivity index (χ1v) is 8.90. The van der Waals surface area contributed by atoms with Gasteiger partial charge >= 0.3 is 10.7 Å². The van der Waals surface area contributed by atoms with Crippen LogP contribution in [0.5, 0.6) is 5.75 Å². The summed E-state index contributed by atoms with van der Waals surface area (Å²) in [6.45, 7) is 0. The first-order valence-electron chi connectivity index (χ1n) is 7.53. The van der Waals surface area contributed by atoms with Crippen molar-refractivity contribution in [2.75, 3.05) is 18.2 Å². The van der Waals surface area contributed by atoms with Crippen LogP contribution < -0.4 is 20.4 Å². The second-order valence-corrected chi connectivity index (χ2v) is 6.54. The lowest BCUT2D eigenvalue weighted by Gasteiger charge is -2.09. The van der Waals surface area contributed by atoms with Crippen molar-refractivity contribution in [1.82, 2.24) is 5.27 Å². The zero-order chi connectivity index (χ0) is 18.5. The van der Waals surface area contributed by atoms with Crippen molar-refractivity contribution in [1.29, 1.82) is 0 Å². The smallest absolute Gasteiger partial charge is 0.442 e. The van der Waals surface area contributed by atoms with Crippen LogP contribution in [0.3, 0.4) is 0 Å². The Labute approximate surface area is 157 Å². The van der Waals surface area contributed by atoms with Crippen molar-refractivity contribution in [3.05, 3.63) is 64.0 Å². The normalized spacial score (nSPS) is 10.5. The molecule has 0 aliphatic carbocycles. The Bertz CT molecular complexity index is 972. The van der Waals surface area contributed by atoms with Crippen LogP contribution in [0.2, 0.25) is 5.02 Å². The molecule has 0 saturated carbocycles. The number of methoxy groups -OCH3 is 1. The van der Waals surface area contributed by atoms with E-state index in [2.05, 4.69) is 10.6 Å². The van der Waals surface area contributed by atoms with Crippen molar-refractivity contribution in [2.45, 2.75) is 5.03 Å². The highest BCUT2D eigenvalue weighted by Gasteiger charge is 2.25. The maximum atomic E-state index is 12.3. The van der Waals surface area contributed by atoms with Gasteiger partial charge in [0.25, 0.3) is 0 Å². The molecule has 2 N–H and O–H groups in total. The van der Waals surface area contributed by atoms with Gasteiger partial charge in [0.2, 0.25) is 11.6 Å². The highest BCUT2D eigenvalue weighted by molar-refractivity contribution is 7.99. The molecule has 0 atom stereocenters. The van der Waals surface area contributed by atoms with Gasteiger partial charge in [-0.3, -0.25) is 9.32 Å². The molecule has 9 heteroatoms. The number of carbonyl (C=O) groups excluding carboxylic acids is 1. The fourth-order valence-electron chi connectivity index (χ4n) is 2.23. The average molecular weight is 393 g/mol. The monoisotopic (exact) mass is 392 g/mol. The maximum absolute atomic E-state index is 12.3. The summed E-state index contributed by atoms with van der Waals surface area (Å²) in [6.07, 6.45) is 0. The lowest BCUT2D eigenvalue weighted by atomic mass is 10.3. The molecular formula is C17H15ClN3O4S+. The minimum absolute atomic E-state index is 0.00507. The number of hydrogen-bond donors (Lipinski definition) is 2. The van der Waals surface area contributed by atoms with E-state index in [1.54, 1.807) is 18.2 Å². The Morgan fingerprint density at radius 1 is 1.31 bits per heavy atom. The number of aromatic nitrogens is 2. The number of ether oxygens (including phenoxy) is 1. The van der Waals surface area contributed by atoms with E-state index in [1.165, 1.54) is 11.8 Å². The molecule has 0 unspecified atom stereocenters. The van der Waals surface area contributed by atoms with Crippen molar-refractivity contribution >= 4 is 35.0 Å². The van der Waals surface area contributed by atoms with Crippen LogP contribution in [-0.2, 0) is 4.79 Å². The molecular weight excluding hydrogens is 378 g/mol. The van der Waals surface area contributed by atoms with Crippen LogP contribution in [0.15, 0.2) is 62.9 Å². The lowest BCUT2D eigenvalue weighted by Crippen LogP contribution is -2.36. The number of para-hydroxylation sites is 1. The second kappa shape index (κ2) is 8.11. The van der Waals surface area contributed by atoms with Gasteiger partial charge in [0.1, 0.15) is 5.75 Å². The molecule has 1 amide bonds. The summed E-state index contributed by atoms with van der Waals surface area (Å²) in [5.41, 5.74) is 0.632. The molecule has 0 aliphatic heterocycles. The van der Waals surface area contributed by atoms with Crippen molar-refractivity contribution in [3.8, 4) is 11.4 Å². The van der Waals surface area contributed by atoms with Crippen LogP contribution in [0, 0.1) is 0 Å². The van der Waals surface area contributed by atoms with Gasteiger partial charge in [0.05, 0.1) is 18.6 Å². The predicted octanol–water partition coefficient (Wildman–Crippen LogP) is 2.64. The number of halogens is 1. The molecule has 0 bridgehead atoms. The summed E-state index contributed by atoms with van der Waals surface area (Å²) < 4.78 is 11.5. The molecule has 3 aromatic rings. The molecule has 0 saturated heterocycles. The van der Waals surface area contributed by atoms with E-state index in [0.29, 0.717) is 16.5 Å². The Morgan fingerprint density at radius 3 is 2.81 bits per heavy atom. The van der Waals surface area contributed by atoms with Gasteiger partial charge in [0.15, 0.2) is 0 Å². The van der Waals surface area contributed by atoms with E-state index in [9.17, 15) is 9.59 Å². The molecule has 0 fully saturated rings. The number of hydrogen-bond acceptors (Lipinski definition) is 5. The van der Waals surface area contributed by atoms with E-state index in [0.717, 1.165) is 17.4 Å². The number of amides is 1. The van der Waals surface area contributed by atoms with E-state index in [1.807, 2.05) is 30.3 Å². The number of nitrogens with one attached hydrogen (secondary N) is 2. The number of nitrogens with zero attached hydrogens (tertiary/aromatic N) is 1. The summed E-state index contributed by atoms with van der Waals surface area (Å²) in [5, 5.41) is 5.99. The third kappa shape index (κ3) is 4.09. The summed E-state index contributed by atoms with van der Waals surface area (Å²) in [4.78, 5) is 24.2. The third-order valence-corrected chi connectivity index (χ3v) is 4.66. The first-order chi connectivity index (χ1) is 12.6. The number of anilines is 1. The molecule has 1 heterocycles. The number of H-pyrrole nitrogens is 1. The van der Waals surface area contributed by atoms with E-state index < -0.39 is 5.63 Å². The standard InChI is InChI=1S/C17H14ClN3O4S/c1-24-14-8-7-11(18)9-13(14)19-15(22)10-26-16-17(23)25-20-21(16)12-5-3-2-4-6-12/h2-9H,10H2,1H3,(H-,19,20,22,23)/p+1. The minimum Gasteiger partial charge on any atom is -0.495 e. The van der Waals surface area contributed by atoms with Gasteiger partial charge in [-0.1, -0.05) is 29.8 Å². The van der Waals surface area contributed by atoms with Crippen molar-refractivity contribution < 1.29 is 18.7 Å². The molecule has 2 aromatic carbocycles. The van der Waals surface area contributed by atoms with Crippen molar-refractivity contribution in [2.24, 2.45) is 0 Å². The number of benzene rings is 2. The molecule has 0 radical (unpaired) electrons. The Balaban J connectivity index is 1.72. The molecule has 3 rings (SSSR count). The molecule has 0 spiro atoms. The Kier molecular flexibility index (Phi) is 5.65. The Hall–Kier alpha value is -2.71. The summed E-state index contributed by atoms with van der Waals surface area (Å²) >= 11 is 7.01. The van der Waals surface area contributed by atoms with E-state index >= 15 is 0 Å². The van der Waals surface area contributed by atoms with Crippen LogP contribution in [-0.4, -0.2) is 24.0 Å². The highest BCUT2D eigenvalue weighted by Crippen LogP contribution is 2.27. The second-order valence-electron chi connectivity index (χ2n) is 5.14. The number of aromatic amines is 1. The average Bonchev–Trinajstić information content (AvgIpc) is 3.01. The van der Waals surface area contributed by atoms with Gasteiger partial charge in [-0.2, -0.15) is 0 Å². The number of thioether (sulfide) groups is 1. The SMILES string of the molecule is COc1ccc(Cl)cc1NC(=O)CSc1c(=O)o[nH][n+]1-c1ccccc1. The van der Waals surface area contributed by atoms with Crippen LogP contribution >= 0.6 is 23.4 Å². The largest absolute Gasteiger partial charge is 0.495 e. The topological polar surface area (TPSA) is 88.2 Å². The predicted molar refractivity (Wildman–Crippen MR) is 98.2 cm³/mol. The maximum Gasteiger partial charge on any atom is 0.442 e. The summed E-state index contributed by atoms with van der Waals surface area (Å²) in [6, 6.07) is 14.1. The van der Waals surface area contributed by atoms with E-state index in [-0.39, 0.29) is 16.7 Å². The summed E-state index contributed by atoms with van der Waals surface area (Å²) in [7, 11) is 1.50. The zero-order valence-corrected chi connectivity index (χ0v) is 15.3. The lowest BCUT2D eigenvalue weighted by molar-refractivity contribution is -0.704. The van der Waals surface area contributed by atoms with E-state index in [4.69, 9.17) is 20.9 Å². The van der Waals surface area contributed by atoms with Gasteiger partial charge in [-0.25, -0.2) is 4.79 Å². The molecule has 1 aromatic heterocycles. The van der Waals surface area contributed by atoms with Crippen LogP contribution in [0.1, 0.15) is 0 Å². The summed E-state index contributed by atoms with van der Waals surface area (Å²) in [5.74, 6) is 0.189. The third-order valence-electron chi connectivity index (χ3n) is 3.40. The van der Waals surface area contributed by atoms with Crippen LogP contribution in [0.4, 0.5) is 5.69 Å². The quantitative estimate of drug-likeness (QED) is 0.497. The highest BCUT2D eigenvalue weighted by atomic mass is 35.5. The Morgan fingerprint density at radius 2 is 2.08 bits per heavy atom. The van der Waals surface area contributed by atoms with Gasteiger partial charge in [-0.15, -0.1) is 0 Å². The molecule has 0 aliphatic rings. The number of rotatable bonds is 6. The van der Waals surface area contributed by atoms with Crippen molar-refractivity contribution in [3.63, 3.8) is 0 Å². The van der Waals surface area contributed by atoms with Gasteiger partial charge in [-0.05, 0) is 39.9 Å². The number of carbonyl (C=O) groups is 1. The van der Waals surface area contributed by atoms with Gasteiger partial charge in [0, 0.05) is 17.2 Å². The molecule has 7 nitrogen and oxygen atoms in total. The van der Waals surface area contributed by atoms with Gasteiger partial charge < -0.3 is 10.1 Å². The zero-order valence-electron chi connectivity index (χ0n) is 13.7. The molecule has 134 valence electrons. The minimum atomic E-state index is -0.549. The van der Waals surface area contributed by atoms with Crippen LogP contribution in [0.25, 0.3) is 5.69 Å². The molecule has 26 heavy (non-hydrogen) atoms.